The van der Waals surface area contributed by atoms with Crippen LogP contribution in [0.25, 0.3) is 15.8 Å². The van der Waals surface area contributed by atoms with E-state index < -0.39 is 34.6 Å². The molecule has 1 atom stereocenters. The molecule has 3 rings (SSSR count). The number of rotatable bonds is 3. The molecule has 0 bridgehead atoms. The molecule has 0 spiro atoms. The minimum atomic E-state index is -4.86. The van der Waals surface area contributed by atoms with Crippen molar-refractivity contribution in [2.45, 2.75) is 18.6 Å². The molecule has 0 amide bonds. The molecule has 2 N–H and O–H groups in total. The van der Waals surface area contributed by atoms with Gasteiger partial charge >= 0.3 is 17.8 Å². The number of carbonyl (C=O) groups is 1. The van der Waals surface area contributed by atoms with Crippen molar-refractivity contribution in [3.05, 3.63) is 56.5 Å². The minimum absolute atomic E-state index is 0.0129. The summed E-state index contributed by atoms with van der Waals surface area (Å²) in [5.74, 6) is -0.752. The number of fused-ring (bicyclic) bond motifs is 1. The zero-order chi connectivity index (χ0) is 21.7. The van der Waals surface area contributed by atoms with E-state index in [1.807, 2.05) is 0 Å². The number of nitrogens with zero attached hydrogens (tertiary/aromatic N) is 3. The lowest BCUT2D eigenvalue weighted by Gasteiger charge is -2.19. The molecule has 2 heterocycles. The van der Waals surface area contributed by atoms with Crippen molar-refractivity contribution in [3.8, 4) is 5.69 Å². The number of nitrogens with two attached hydrogens (primary N) is 1. The number of esters is 1. The second-order valence-electron chi connectivity index (χ2n) is 6.45. The average molecular weight is 428 g/mol. The third-order valence-electron chi connectivity index (χ3n) is 4.42. The Morgan fingerprint density at radius 2 is 1.90 bits per heavy atom. The molecule has 8 nitrogen and oxygen atoms in total. The molecule has 0 aliphatic heterocycles. The summed E-state index contributed by atoms with van der Waals surface area (Å²) in [6.45, 7) is 1.39. The number of hydrogen-bond donors (Lipinski definition) is 1. The quantitative estimate of drug-likeness (QED) is 0.634. The molecule has 3 aromatic rings. The number of methoxy groups -OCH3 is 1. The topological polar surface area (TPSA) is 109 Å². The molecule has 1 unspecified atom stereocenters. The van der Waals surface area contributed by atoms with Gasteiger partial charge in [0, 0.05) is 18.5 Å². The summed E-state index contributed by atoms with van der Waals surface area (Å²) in [5.41, 5.74) is 0.939. The van der Waals surface area contributed by atoms with Crippen molar-refractivity contribution in [2.75, 3.05) is 7.11 Å². The van der Waals surface area contributed by atoms with Crippen LogP contribution in [0.15, 0.2) is 33.9 Å². The first-order valence-electron chi connectivity index (χ1n) is 8.07. The predicted molar refractivity (Wildman–Crippen MR) is 99.0 cm³/mol. The molecule has 0 radical (unpaired) electrons. The molecule has 0 aliphatic carbocycles. The lowest BCUT2D eigenvalue weighted by atomic mass is 9.96. The van der Waals surface area contributed by atoms with Crippen LogP contribution in [0.2, 0.25) is 0 Å². The monoisotopic (exact) mass is 428 g/mol. The number of alkyl halides is 3. The molecule has 154 valence electrons. The highest BCUT2D eigenvalue weighted by molar-refractivity contribution is 7.13. The number of aromatic nitrogens is 3. The van der Waals surface area contributed by atoms with Crippen LogP contribution in [-0.2, 0) is 28.3 Å². The van der Waals surface area contributed by atoms with Crippen LogP contribution in [0.5, 0.6) is 0 Å². The van der Waals surface area contributed by atoms with Crippen LogP contribution >= 0.6 is 11.5 Å². The highest BCUT2D eigenvalue weighted by Crippen LogP contribution is 2.32. The summed E-state index contributed by atoms with van der Waals surface area (Å²) >= 11 is 1.03. The standard InChI is InChI=1S/C17H15F3N4O4S/c1-16(21,14(26)28-3)13-9-6-8(4-5-10(9)29-22-13)24-12(25)7-11(17(18,19)20)23(2)15(24)27/h4-7H,21H2,1-3H3. The fourth-order valence-corrected chi connectivity index (χ4v) is 3.74. The summed E-state index contributed by atoms with van der Waals surface area (Å²) in [6, 6.07) is 4.65. The van der Waals surface area contributed by atoms with Crippen LogP contribution in [0.4, 0.5) is 13.2 Å². The van der Waals surface area contributed by atoms with Gasteiger partial charge in [-0.25, -0.2) is 14.2 Å². The molecule has 0 saturated heterocycles. The highest BCUT2D eigenvalue weighted by atomic mass is 32.1. The molecule has 29 heavy (non-hydrogen) atoms. The van der Waals surface area contributed by atoms with Crippen LogP contribution in [-0.4, -0.2) is 26.6 Å². The maximum absolute atomic E-state index is 13.0. The molecule has 1 aromatic carbocycles. The number of ether oxygens (including phenoxy) is 1. The van der Waals surface area contributed by atoms with Crippen LogP contribution < -0.4 is 17.0 Å². The summed E-state index contributed by atoms with van der Waals surface area (Å²) in [4.78, 5) is 36.8. The van der Waals surface area contributed by atoms with E-state index in [9.17, 15) is 27.6 Å². The first-order valence-corrected chi connectivity index (χ1v) is 8.84. The number of carbonyl (C=O) groups excluding carboxylic acids is 1. The molecular weight excluding hydrogens is 413 g/mol. The largest absolute Gasteiger partial charge is 0.467 e. The Hall–Kier alpha value is -2.99. The van der Waals surface area contributed by atoms with Gasteiger partial charge in [-0.2, -0.15) is 17.5 Å². The zero-order valence-electron chi connectivity index (χ0n) is 15.4. The number of halogens is 3. The van der Waals surface area contributed by atoms with Crippen molar-refractivity contribution in [1.82, 2.24) is 13.5 Å². The Bertz CT molecular complexity index is 1240. The molecule has 12 heteroatoms. The SMILES string of the molecule is COC(=O)C(C)(N)c1nsc2ccc(-n3c(=O)cc(C(F)(F)F)n(C)c3=O)cc12. The van der Waals surface area contributed by atoms with Crippen LogP contribution in [0.3, 0.4) is 0 Å². The Morgan fingerprint density at radius 1 is 1.24 bits per heavy atom. The van der Waals surface area contributed by atoms with Crippen molar-refractivity contribution in [3.63, 3.8) is 0 Å². The summed E-state index contributed by atoms with van der Waals surface area (Å²) < 4.78 is 49.5. The smallest absolute Gasteiger partial charge is 0.431 e. The van der Waals surface area contributed by atoms with Gasteiger partial charge in [0.15, 0.2) is 5.54 Å². The fourth-order valence-electron chi connectivity index (χ4n) is 2.88. The summed E-state index contributed by atoms with van der Waals surface area (Å²) in [5, 5.41) is 0.372. The van der Waals surface area contributed by atoms with Crippen LogP contribution in [0.1, 0.15) is 18.3 Å². The van der Waals surface area contributed by atoms with Crippen molar-refractivity contribution >= 4 is 27.6 Å². The predicted octanol–water partition coefficient (Wildman–Crippen LogP) is 1.51. The van der Waals surface area contributed by atoms with Gasteiger partial charge in [-0.3, -0.25) is 9.36 Å². The Kier molecular flexibility index (Phi) is 4.87. The first-order chi connectivity index (χ1) is 13.4. The molecule has 0 saturated carbocycles. The fraction of sp³-hybridized carbons (Fsp3) is 0.294. The third kappa shape index (κ3) is 3.34. The van der Waals surface area contributed by atoms with Gasteiger partial charge in [-0.15, -0.1) is 0 Å². The lowest BCUT2D eigenvalue weighted by molar-refractivity contribution is -0.147. The third-order valence-corrected chi connectivity index (χ3v) is 5.25. The average Bonchev–Trinajstić information content (AvgIpc) is 3.07. The number of hydrogen-bond acceptors (Lipinski definition) is 7. The maximum atomic E-state index is 13.0. The van der Waals surface area contributed by atoms with Gasteiger partial charge in [0.05, 0.1) is 23.2 Å². The second-order valence-corrected chi connectivity index (χ2v) is 7.25. The normalized spacial score (nSPS) is 14.0. The molecule has 0 fully saturated rings. The molecule has 2 aromatic heterocycles. The van der Waals surface area contributed by atoms with E-state index in [0.717, 1.165) is 18.6 Å². The van der Waals surface area contributed by atoms with Gasteiger partial charge in [0.1, 0.15) is 5.69 Å². The lowest BCUT2D eigenvalue weighted by Crippen LogP contribution is -2.43. The van der Waals surface area contributed by atoms with Gasteiger partial charge < -0.3 is 10.5 Å². The molecular formula is C17H15F3N4O4S. The van der Waals surface area contributed by atoms with E-state index in [2.05, 4.69) is 9.11 Å². The maximum Gasteiger partial charge on any atom is 0.431 e. The minimum Gasteiger partial charge on any atom is -0.467 e. The van der Waals surface area contributed by atoms with E-state index in [-0.39, 0.29) is 11.4 Å². The van der Waals surface area contributed by atoms with E-state index in [1.165, 1.54) is 32.2 Å². The van der Waals surface area contributed by atoms with Crippen LogP contribution in [0, 0.1) is 0 Å². The van der Waals surface area contributed by atoms with E-state index >= 15 is 0 Å². The van der Waals surface area contributed by atoms with Gasteiger partial charge in [-0.05, 0) is 36.7 Å². The van der Waals surface area contributed by atoms with Crippen molar-refractivity contribution in [2.24, 2.45) is 12.8 Å². The van der Waals surface area contributed by atoms with Crippen molar-refractivity contribution < 1.29 is 22.7 Å². The Morgan fingerprint density at radius 3 is 2.48 bits per heavy atom. The van der Waals surface area contributed by atoms with E-state index in [4.69, 9.17) is 5.73 Å². The highest BCUT2D eigenvalue weighted by Gasteiger charge is 2.37. The van der Waals surface area contributed by atoms with Crippen molar-refractivity contribution in [1.29, 1.82) is 0 Å². The summed E-state index contributed by atoms with van der Waals surface area (Å²) in [6.07, 6.45) is -4.86. The first kappa shape index (κ1) is 20.7. The Balaban J connectivity index is 2.27. The zero-order valence-corrected chi connectivity index (χ0v) is 16.2. The second kappa shape index (κ2) is 6.81. The Labute approximate surface area is 165 Å². The van der Waals surface area contributed by atoms with Gasteiger partial charge in [0.2, 0.25) is 0 Å². The number of benzene rings is 1. The van der Waals surface area contributed by atoms with Gasteiger partial charge in [-0.1, -0.05) is 0 Å². The van der Waals surface area contributed by atoms with Gasteiger partial charge in [0.25, 0.3) is 5.56 Å². The van der Waals surface area contributed by atoms with E-state index in [1.54, 1.807) is 0 Å². The van der Waals surface area contributed by atoms with E-state index in [0.29, 0.717) is 25.3 Å². The summed E-state index contributed by atoms with van der Waals surface area (Å²) in [7, 11) is 2.09. The molecule has 0 aliphatic rings.